The highest BCUT2D eigenvalue weighted by molar-refractivity contribution is 6.31. The van der Waals surface area contributed by atoms with Gasteiger partial charge >= 0.3 is 0 Å². The second-order valence-electron chi connectivity index (χ2n) is 7.07. The molecule has 0 heterocycles. The van der Waals surface area contributed by atoms with Crippen molar-refractivity contribution in [2.45, 2.75) is 46.8 Å². The Morgan fingerprint density at radius 3 is 2.43 bits per heavy atom. The molecule has 0 aliphatic heterocycles. The Labute approximate surface area is 132 Å². The summed E-state index contributed by atoms with van der Waals surface area (Å²) in [4.78, 5) is 0. The van der Waals surface area contributed by atoms with Gasteiger partial charge in [0.1, 0.15) is 17.9 Å². The molecule has 0 saturated heterocycles. The van der Waals surface area contributed by atoms with Crippen LogP contribution < -0.4 is 10.5 Å². The van der Waals surface area contributed by atoms with Gasteiger partial charge in [0, 0.05) is 22.9 Å². The fourth-order valence-corrected chi connectivity index (χ4v) is 3.78. The molecule has 4 heteroatoms. The summed E-state index contributed by atoms with van der Waals surface area (Å²) in [6, 6.07) is 7.34. The maximum Gasteiger partial charge on any atom is 0.121 e. The lowest BCUT2D eigenvalue weighted by molar-refractivity contribution is -0.186. The van der Waals surface area contributed by atoms with Crippen LogP contribution in [-0.4, -0.2) is 12.1 Å². The zero-order valence-corrected chi connectivity index (χ0v) is 14.0. The number of nitrogens with two attached hydrogens (primary N) is 1. The molecule has 0 radical (unpaired) electrons. The first kappa shape index (κ1) is 16.1. The standard InChI is InChI=1S/C17H23ClN2O/c1-10(2)17(5)14(20)16(3,4)15(17)21-12-7-6-11(9-19)13(18)8-12/h6-8,10,14-15H,20H2,1-5H3/t14-,15-,17?/m1/s1. The summed E-state index contributed by atoms with van der Waals surface area (Å²) >= 11 is 6.08. The number of hydrogen-bond acceptors (Lipinski definition) is 3. The topological polar surface area (TPSA) is 59.0 Å². The first-order chi connectivity index (χ1) is 9.65. The number of benzene rings is 1. The van der Waals surface area contributed by atoms with Crippen LogP contribution in [0.15, 0.2) is 18.2 Å². The number of nitrogens with zero attached hydrogens (tertiary/aromatic N) is 1. The summed E-state index contributed by atoms with van der Waals surface area (Å²) < 4.78 is 6.22. The first-order valence-corrected chi connectivity index (χ1v) is 7.65. The molecule has 1 aromatic rings. The maximum absolute atomic E-state index is 8.93. The van der Waals surface area contributed by atoms with E-state index in [1.54, 1.807) is 18.2 Å². The molecule has 1 saturated carbocycles. The maximum atomic E-state index is 8.93. The van der Waals surface area contributed by atoms with Gasteiger partial charge in [-0.1, -0.05) is 46.2 Å². The van der Waals surface area contributed by atoms with Crippen LogP contribution in [0, 0.1) is 28.1 Å². The average molecular weight is 307 g/mol. The highest BCUT2D eigenvalue weighted by Crippen LogP contribution is 2.58. The van der Waals surface area contributed by atoms with E-state index in [0.717, 1.165) is 0 Å². The summed E-state index contributed by atoms with van der Waals surface area (Å²) in [5.74, 6) is 1.11. The van der Waals surface area contributed by atoms with Gasteiger partial charge in [-0.15, -0.1) is 0 Å². The third-order valence-corrected chi connectivity index (χ3v) is 5.58. The molecule has 1 aliphatic rings. The van der Waals surface area contributed by atoms with Gasteiger partial charge in [-0.25, -0.2) is 0 Å². The Morgan fingerprint density at radius 2 is 1.95 bits per heavy atom. The van der Waals surface area contributed by atoms with E-state index in [1.165, 1.54) is 0 Å². The first-order valence-electron chi connectivity index (χ1n) is 7.27. The fourth-order valence-electron chi connectivity index (χ4n) is 3.57. The van der Waals surface area contributed by atoms with Crippen molar-refractivity contribution in [2.75, 3.05) is 0 Å². The van der Waals surface area contributed by atoms with E-state index in [4.69, 9.17) is 27.3 Å². The summed E-state index contributed by atoms with van der Waals surface area (Å²) in [6.07, 6.45) is 0.0176. The summed E-state index contributed by atoms with van der Waals surface area (Å²) in [5.41, 5.74) is 6.69. The minimum absolute atomic E-state index is 0.0176. The Morgan fingerprint density at radius 1 is 1.33 bits per heavy atom. The van der Waals surface area contributed by atoms with Crippen LogP contribution in [0.25, 0.3) is 0 Å². The van der Waals surface area contributed by atoms with Gasteiger partial charge in [0.15, 0.2) is 0 Å². The molecule has 2 N–H and O–H groups in total. The van der Waals surface area contributed by atoms with Gasteiger partial charge in [-0.2, -0.15) is 5.26 Å². The molecule has 21 heavy (non-hydrogen) atoms. The Hall–Kier alpha value is -1.24. The Kier molecular flexibility index (Phi) is 3.99. The normalized spacial score (nSPS) is 30.6. The van der Waals surface area contributed by atoms with Crippen molar-refractivity contribution in [2.24, 2.45) is 22.5 Å². The summed E-state index contributed by atoms with van der Waals surface area (Å²) in [6.45, 7) is 10.8. The molecule has 1 aromatic carbocycles. The largest absolute Gasteiger partial charge is 0.489 e. The van der Waals surface area contributed by atoms with Crippen LogP contribution in [0.4, 0.5) is 0 Å². The molecule has 1 fully saturated rings. The quantitative estimate of drug-likeness (QED) is 0.918. The lowest BCUT2D eigenvalue weighted by Gasteiger charge is -2.65. The summed E-state index contributed by atoms with van der Waals surface area (Å²) in [7, 11) is 0. The smallest absolute Gasteiger partial charge is 0.121 e. The fraction of sp³-hybridized carbons (Fsp3) is 0.588. The number of ether oxygens (including phenoxy) is 1. The Balaban J connectivity index is 2.29. The highest BCUT2D eigenvalue weighted by Gasteiger charge is 2.65. The molecule has 1 unspecified atom stereocenters. The van der Waals surface area contributed by atoms with E-state index in [2.05, 4.69) is 40.7 Å². The second kappa shape index (κ2) is 5.19. The molecule has 2 rings (SSSR count). The van der Waals surface area contributed by atoms with Gasteiger partial charge in [-0.3, -0.25) is 0 Å². The molecule has 114 valence electrons. The molecular formula is C17H23ClN2O. The van der Waals surface area contributed by atoms with Crippen LogP contribution in [0.1, 0.15) is 40.2 Å². The van der Waals surface area contributed by atoms with Gasteiger partial charge in [0.05, 0.1) is 10.6 Å². The molecule has 3 atom stereocenters. The van der Waals surface area contributed by atoms with E-state index >= 15 is 0 Å². The molecule has 3 nitrogen and oxygen atoms in total. The third-order valence-electron chi connectivity index (χ3n) is 5.27. The second-order valence-corrected chi connectivity index (χ2v) is 7.48. The van der Waals surface area contributed by atoms with E-state index < -0.39 is 0 Å². The van der Waals surface area contributed by atoms with Crippen LogP contribution in [0.5, 0.6) is 5.75 Å². The van der Waals surface area contributed by atoms with Crippen LogP contribution in [0.2, 0.25) is 5.02 Å². The molecule has 0 amide bonds. The van der Waals surface area contributed by atoms with Gasteiger partial charge < -0.3 is 10.5 Å². The minimum atomic E-state index is -0.0978. The number of rotatable bonds is 3. The predicted molar refractivity (Wildman–Crippen MR) is 85.3 cm³/mol. The number of hydrogen-bond donors (Lipinski definition) is 1. The van der Waals surface area contributed by atoms with Gasteiger partial charge in [0.2, 0.25) is 0 Å². The number of halogens is 1. The van der Waals surface area contributed by atoms with E-state index in [9.17, 15) is 0 Å². The predicted octanol–water partition coefficient (Wildman–Crippen LogP) is 3.99. The van der Waals surface area contributed by atoms with Gasteiger partial charge in [0.25, 0.3) is 0 Å². The lowest BCUT2D eigenvalue weighted by Crippen LogP contribution is -2.75. The van der Waals surface area contributed by atoms with Crippen molar-refractivity contribution >= 4 is 11.6 Å². The SMILES string of the molecule is CC(C)C1(C)[C@H](N)C(C)(C)[C@H]1Oc1ccc(C#N)c(Cl)c1. The molecule has 1 aliphatic carbocycles. The van der Waals surface area contributed by atoms with Crippen molar-refractivity contribution in [3.63, 3.8) is 0 Å². The van der Waals surface area contributed by atoms with Crippen LogP contribution in [-0.2, 0) is 0 Å². The third kappa shape index (κ3) is 2.31. The van der Waals surface area contributed by atoms with Crippen LogP contribution in [0.3, 0.4) is 0 Å². The van der Waals surface area contributed by atoms with Crippen molar-refractivity contribution < 1.29 is 4.74 Å². The number of nitriles is 1. The molecular weight excluding hydrogens is 284 g/mol. The van der Waals surface area contributed by atoms with E-state index in [1.807, 2.05) is 0 Å². The lowest BCUT2D eigenvalue weighted by atomic mass is 9.45. The van der Waals surface area contributed by atoms with Crippen molar-refractivity contribution in [3.05, 3.63) is 28.8 Å². The van der Waals surface area contributed by atoms with E-state index in [-0.39, 0.29) is 23.0 Å². The van der Waals surface area contributed by atoms with Crippen molar-refractivity contribution in [1.82, 2.24) is 0 Å². The van der Waals surface area contributed by atoms with Crippen molar-refractivity contribution in [1.29, 1.82) is 5.26 Å². The minimum Gasteiger partial charge on any atom is -0.489 e. The average Bonchev–Trinajstić information content (AvgIpc) is 2.43. The Bertz CT molecular complexity index is 591. The van der Waals surface area contributed by atoms with Crippen LogP contribution >= 0.6 is 11.6 Å². The molecule has 0 aromatic heterocycles. The zero-order valence-electron chi connectivity index (χ0n) is 13.3. The van der Waals surface area contributed by atoms with Gasteiger partial charge in [-0.05, 0) is 18.1 Å². The van der Waals surface area contributed by atoms with E-state index in [0.29, 0.717) is 22.3 Å². The monoisotopic (exact) mass is 306 g/mol. The molecule has 0 bridgehead atoms. The highest BCUT2D eigenvalue weighted by atomic mass is 35.5. The van der Waals surface area contributed by atoms with Crippen molar-refractivity contribution in [3.8, 4) is 11.8 Å². The zero-order chi connectivity index (χ0) is 16.0. The molecule has 0 spiro atoms. The summed E-state index contributed by atoms with van der Waals surface area (Å²) in [5, 5.41) is 9.35.